The van der Waals surface area contributed by atoms with Crippen molar-refractivity contribution < 1.29 is 19.4 Å². The van der Waals surface area contributed by atoms with Crippen LogP contribution in [0.15, 0.2) is 0 Å². The van der Waals surface area contributed by atoms with E-state index in [9.17, 15) is 9.59 Å². The van der Waals surface area contributed by atoms with Crippen molar-refractivity contribution in [3.05, 3.63) is 0 Å². The molecule has 1 rings (SSSR count). The molecule has 1 aliphatic rings. The number of methoxy groups -OCH3 is 1. The van der Waals surface area contributed by atoms with Crippen molar-refractivity contribution in [2.24, 2.45) is 11.8 Å². The maximum absolute atomic E-state index is 11.9. The van der Waals surface area contributed by atoms with Crippen LogP contribution < -0.4 is 5.32 Å². The van der Waals surface area contributed by atoms with Gasteiger partial charge < -0.3 is 25.0 Å². The fourth-order valence-electron chi connectivity index (χ4n) is 2.28. The Hall–Kier alpha value is -1.34. The van der Waals surface area contributed by atoms with Crippen LogP contribution in [0.5, 0.6) is 0 Å². The van der Waals surface area contributed by atoms with Crippen LogP contribution in [0.4, 0.5) is 4.79 Å². The number of carbonyl (C=O) groups is 2. The molecule has 2 amide bonds. The van der Waals surface area contributed by atoms with Crippen molar-refractivity contribution in [1.29, 1.82) is 0 Å². The zero-order valence-electron chi connectivity index (χ0n) is 12.5. The molecule has 0 aliphatic carbocycles. The van der Waals surface area contributed by atoms with Gasteiger partial charge in [0, 0.05) is 39.8 Å². The molecular formula is C13H25N3O4. The number of nitrogens with zero attached hydrogens (tertiary/aromatic N) is 2. The van der Waals surface area contributed by atoms with E-state index in [2.05, 4.69) is 10.2 Å². The molecule has 0 aromatic heterocycles. The van der Waals surface area contributed by atoms with Crippen molar-refractivity contribution in [2.75, 3.05) is 53.5 Å². The molecule has 0 unspecified atom stereocenters. The smallest absolute Gasteiger partial charge is 0.317 e. The Morgan fingerprint density at radius 3 is 2.65 bits per heavy atom. The van der Waals surface area contributed by atoms with Gasteiger partial charge in [-0.15, -0.1) is 0 Å². The number of carboxylic acid groups (broad SMARTS) is 1. The summed E-state index contributed by atoms with van der Waals surface area (Å²) in [5.74, 6) is -1.28. The highest BCUT2D eigenvalue weighted by Gasteiger charge is 2.36. The standard InChI is InChI=1S/C13H25N3O4/c1-10-8-16(9-11(10)12(17)18)13(19)14-4-5-15(2)6-7-20-3/h10-11H,4-9H2,1-3H3,(H,14,19)(H,17,18)/t10-,11-/m1/s1. The van der Waals surface area contributed by atoms with Gasteiger partial charge in [0.1, 0.15) is 0 Å². The lowest BCUT2D eigenvalue weighted by Gasteiger charge is -2.19. The normalized spacial score (nSPS) is 22.3. The van der Waals surface area contributed by atoms with Gasteiger partial charge in [0.25, 0.3) is 0 Å². The van der Waals surface area contributed by atoms with Gasteiger partial charge in [-0.25, -0.2) is 4.79 Å². The van der Waals surface area contributed by atoms with Crippen molar-refractivity contribution in [3.63, 3.8) is 0 Å². The van der Waals surface area contributed by atoms with Crippen LogP contribution in [0, 0.1) is 11.8 Å². The average molecular weight is 287 g/mol. The van der Waals surface area contributed by atoms with Gasteiger partial charge in [-0.05, 0) is 13.0 Å². The Morgan fingerprint density at radius 2 is 2.10 bits per heavy atom. The summed E-state index contributed by atoms with van der Waals surface area (Å²) < 4.78 is 4.97. The Labute approximate surface area is 119 Å². The zero-order valence-corrected chi connectivity index (χ0v) is 12.5. The minimum Gasteiger partial charge on any atom is -0.481 e. The molecule has 7 heteroatoms. The van der Waals surface area contributed by atoms with Crippen molar-refractivity contribution in [1.82, 2.24) is 15.1 Å². The maximum Gasteiger partial charge on any atom is 0.317 e. The number of carbonyl (C=O) groups excluding carboxylic acids is 1. The highest BCUT2D eigenvalue weighted by molar-refractivity contribution is 5.77. The molecule has 0 radical (unpaired) electrons. The molecule has 2 atom stereocenters. The number of rotatable bonds is 7. The van der Waals surface area contributed by atoms with Gasteiger partial charge in [0.15, 0.2) is 0 Å². The first kappa shape index (κ1) is 16.7. The van der Waals surface area contributed by atoms with E-state index < -0.39 is 11.9 Å². The zero-order chi connectivity index (χ0) is 15.1. The lowest BCUT2D eigenvalue weighted by molar-refractivity contribution is -0.142. The lowest BCUT2D eigenvalue weighted by Crippen LogP contribution is -2.42. The molecule has 1 saturated heterocycles. The third-order valence-electron chi connectivity index (χ3n) is 3.66. The molecule has 0 bridgehead atoms. The topological polar surface area (TPSA) is 82.1 Å². The molecule has 7 nitrogen and oxygen atoms in total. The monoisotopic (exact) mass is 287 g/mol. The second kappa shape index (κ2) is 8.06. The lowest BCUT2D eigenvalue weighted by atomic mass is 9.99. The Balaban J connectivity index is 2.25. The van der Waals surface area contributed by atoms with Crippen molar-refractivity contribution in [2.45, 2.75) is 6.92 Å². The van der Waals surface area contributed by atoms with Crippen molar-refractivity contribution in [3.8, 4) is 0 Å². The largest absolute Gasteiger partial charge is 0.481 e. The van der Waals surface area contributed by atoms with E-state index in [1.165, 1.54) is 0 Å². The van der Waals surface area contributed by atoms with Crippen LogP contribution >= 0.6 is 0 Å². The highest BCUT2D eigenvalue weighted by Crippen LogP contribution is 2.22. The van der Waals surface area contributed by atoms with E-state index in [0.29, 0.717) is 26.2 Å². The Kier molecular flexibility index (Phi) is 6.74. The van der Waals surface area contributed by atoms with Gasteiger partial charge in [-0.1, -0.05) is 6.92 Å². The minimum absolute atomic E-state index is 0.00243. The van der Waals surface area contributed by atoms with Gasteiger partial charge in [0.2, 0.25) is 0 Å². The van der Waals surface area contributed by atoms with Crippen LogP contribution in [-0.2, 0) is 9.53 Å². The molecule has 0 aromatic rings. The first-order chi connectivity index (χ1) is 9.45. The quantitative estimate of drug-likeness (QED) is 0.685. The SMILES string of the molecule is COCCN(C)CCNC(=O)N1C[C@@H](C)[C@H](C(=O)O)C1. The van der Waals surface area contributed by atoms with Gasteiger partial charge in [-0.3, -0.25) is 4.79 Å². The Bertz CT molecular complexity index is 338. The van der Waals surface area contributed by atoms with Gasteiger partial charge >= 0.3 is 12.0 Å². The summed E-state index contributed by atoms with van der Waals surface area (Å²) in [7, 11) is 3.62. The molecule has 1 heterocycles. The summed E-state index contributed by atoms with van der Waals surface area (Å²) in [6, 6.07) is -0.180. The van der Waals surface area contributed by atoms with Crippen LogP contribution in [0.3, 0.4) is 0 Å². The first-order valence-electron chi connectivity index (χ1n) is 6.88. The average Bonchev–Trinajstić information content (AvgIpc) is 2.78. The first-order valence-corrected chi connectivity index (χ1v) is 6.88. The summed E-state index contributed by atoms with van der Waals surface area (Å²) in [4.78, 5) is 26.6. The summed E-state index contributed by atoms with van der Waals surface area (Å²) >= 11 is 0. The number of carboxylic acids is 1. The van der Waals surface area contributed by atoms with E-state index in [1.807, 2.05) is 14.0 Å². The number of likely N-dealkylation sites (tertiary alicyclic amines) is 1. The molecule has 116 valence electrons. The Morgan fingerprint density at radius 1 is 1.40 bits per heavy atom. The molecule has 2 N–H and O–H groups in total. The van der Waals surface area contributed by atoms with Crippen LogP contribution in [0.1, 0.15) is 6.92 Å². The summed E-state index contributed by atoms with van der Waals surface area (Å²) in [5.41, 5.74) is 0. The molecule has 1 fully saturated rings. The fourth-order valence-corrected chi connectivity index (χ4v) is 2.28. The predicted octanol–water partition coefficient (Wildman–Crippen LogP) is -0.0733. The molecule has 20 heavy (non-hydrogen) atoms. The van der Waals surface area contributed by atoms with Crippen LogP contribution in [0.2, 0.25) is 0 Å². The number of ether oxygens (including phenoxy) is 1. The number of aliphatic carboxylic acids is 1. The third kappa shape index (κ3) is 4.97. The van der Waals surface area contributed by atoms with Gasteiger partial charge in [0.05, 0.1) is 12.5 Å². The number of amides is 2. The van der Waals surface area contributed by atoms with E-state index in [-0.39, 0.29) is 11.9 Å². The fraction of sp³-hybridized carbons (Fsp3) is 0.846. The molecular weight excluding hydrogens is 262 g/mol. The van der Waals surface area contributed by atoms with E-state index >= 15 is 0 Å². The number of hydrogen-bond donors (Lipinski definition) is 2. The number of urea groups is 1. The third-order valence-corrected chi connectivity index (χ3v) is 3.66. The van der Waals surface area contributed by atoms with E-state index in [4.69, 9.17) is 9.84 Å². The minimum atomic E-state index is -0.827. The summed E-state index contributed by atoms with van der Waals surface area (Å²) in [6.45, 7) is 5.42. The second-order valence-electron chi connectivity index (χ2n) is 5.36. The van der Waals surface area contributed by atoms with Crippen LogP contribution in [0.25, 0.3) is 0 Å². The second-order valence-corrected chi connectivity index (χ2v) is 5.36. The van der Waals surface area contributed by atoms with Crippen LogP contribution in [-0.4, -0.2) is 80.4 Å². The summed E-state index contributed by atoms with van der Waals surface area (Å²) in [5, 5.41) is 11.9. The van der Waals surface area contributed by atoms with E-state index in [1.54, 1.807) is 12.0 Å². The molecule has 0 spiro atoms. The predicted molar refractivity (Wildman–Crippen MR) is 74.6 cm³/mol. The summed E-state index contributed by atoms with van der Waals surface area (Å²) in [6.07, 6.45) is 0. The molecule has 1 aliphatic heterocycles. The number of hydrogen-bond acceptors (Lipinski definition) is 4. The number of likely N-dealkylation sites (N-methyl/N-ethyl adjacent to an activating group) is 1. The van der Waals surface area contributed by atoms with Crippen molar-refractivity contribution >= 4 is 12.0 Å². The molecule has 0 saturated carbocycles. The maximum atomic E-state index is 11.9. The number of nitrogens with one attached hydrogen (secondary N) is 1. The molecule has 0 aromatic carbocycles. The van der Waals surface area contributed by atoms with Gasteiger partial charge in [-0.2, -0.15) is 0 Å². The van der Waals surface area contributed by atoms with E-state index in [0.717, 1.165) is 13.1 Å². The highest BCUT2D eigenvalue weighted by atomic mass is 16.5.